The number of hydrogen-bond acceptors (Lipinski definition) is 5. The highest BCUT2D eigenvalue weighted by molar-refractivity contribution is 5.73. The Bertz CT molecular complexity index is 401. The molecule has 6 heteroatoms. The summed E-state index contributed by atoms with van der Waals surface area (Å²) in [5.74, 6) is 1.86. The summed E-state index contributed by atoms with van der Waals surface area (Å²) in [7, 11) is 1.83. The van der Waals surface area contributed by atoms with Crippen molar-refractivity contribution in [3.63, 3.8) is 0 Å². The van der Waals surface area contributed by atoms with Gasteiger partial charge in [-0.3, -0.25) is 4.79 Å². The van der Waals surface area contributed by atoms with Gasteiger partial charge in [-0.25, -0.2) is 9.97 Å². The quantitative estimate of drug-likeness (QED) is 0.792. The van der Waals surface area contributed by atoms with Crippen LogP contribution in [0.15, 0.2) is 12.4 Å². The van der Waals surface area contributed by atoms with Gasteiger partial charge >= 0.3 is 0 Å². The molecular weight excluding hydrogens is 218 g/mol. The zero-order chi connectivity index (χ0) is 12.3. The van der Waals surface area contributed by atoms with Crippen molar-refractivity contribution in [1.82, 2.24) is 14.9 Å². The van der Waals surface area contributed by atoms with E-state index in [1.165, 1.54) is 0 Å². The van der Waals surface area contributed by atoms with Crippen LogP contribution in [0, 0.1) is 0 Å². The van der Waals surface area contributed by atoms with Gasteiger partial charge in [0.1, 0.15) is 18.0 Å². The van der Waals surface area contributed by atoms with E-state index in [0.717, 1.165) is 37.8 Å². The first-order valence-corrected chi connectivity index (χ1v) is 5.71. The second-order valence-corrected chi connectivity index (χ2v) is 4.00. The van der Waals surface area contributed by atoms with Crippen LogP contribution in [0.5, 0.6) is 0 Å². The fourth-order valence-corrected chi connectivity index (χ4v) is 1.91. The molecule has 92 valence electrons. The highest BCUT2D eigenvalue weighted by Gasteiger charge is 2.19. The zero-order valence-corrected chi connectivity index (χ0v) is 10.2. The lowest BCUT2D eigenvalue weighted by molar-refractivity contribution is -0.129. The second kappa shape index (κ2) is 4.99. The van der Waals surface area contributed by atoms with Crippen LogP contribution >= 0.6 is 0 Å². The zero-order valence-electron chi connectivity index (χ0n) is 10.2. The number of aromatic nitrogens is 2. The molecule has 0 bridgehead atoms. The van der Waals surface area contributed by atoms with Gasteiger partial charge in [-0.1, -0.05) is 0 Å². The molecule has 1 N–H and O–H groups in total. The van der Waals surface area contributed by atoms with Gasteiger partial charge in [-0.05, 0) is 0 Å². The number of carbonyl (C=O) groups excluding carboxylic acids is 1. The molecule has 0 aromatic carbocycles. The summed E-state index contributed by atoms with van der Waals surface area (Å²) in [6, 6.07) is 1.92. The topological polar surface area (TPSA) is 61.4 Å². The van der Waals surface area contributed by atoms with Gasteiger partial charge in [0.2, 0.25) is 5.91 Å². The van der Waals surface area contributed by atoms with Gasteiger partial charge < -0.3 is 15.1 Å². The summed E-state index contributed by atoms with van der Waals surface area (Å²) in [6.07, 6.45) is 1.55. The van der Waals surface area contributed by atoms with E-state index in [0.29, 0.717) is 0 Å². The molecule has 1 saturated heterocycles. The number of rotatable bonds is 2. The van der Waals surface area contributed by atoms with Crippen molar-refractivity contribution in [2.45, 2.75) is 6.92 Å². The van der Waals surface area contributed by atoms with E-state index >= 15 is 0 Å². The minimum atomic E-state index is 0.142. The molecule has 2 heterocycles. The molecule has 1 amide bonds. The highest BCUT2D eigenvalue weighted by Crippen LogP contribution is 2.15. The van der Waals surface area contributed by atoms with Crippen molar-refractivity contribution in [3.05, 3.63) is 12.4 Å². The average molecular weight is 235 g/mol. The summed E-state index contributed by atoms with van der Waals surface area (Å²) in [5.41, 5.74) is 0. The number of anilines is 2. The van der Waals surface area contributed by atoms with Gasteiger partial charge in [0.25, 0.3) is 0 Å². The van der Waals surface area contributed by atoms with E-state index in [-0.39, 0.29) is 5.91 Å². The van der Waals surface area contributed by atoms with Crippen molar-refractivity contribution in [1.29, 1.82) is 0 Å². The maximum absolute atomic E-state index is 11.2. The molecule has 0 saturated carbocycles. The Morgan fingerprint density at radius 3 is 2.59 bits per heavy atom. The maximum atomic E-state index is 11.2. The largest absolute Gasteiger partial charge is 0.373 e. The fraction of sp³-hybridized carbons (Fsp3) is 0.545. The van der Waals surface area contributed by atoms with Crippen LogP contribution in [0.4, 0.5) is 11.6 Å². The number of hydrogen-bond donors (Lipinski definition) is 1. The minimum absolute atomic E-state index is 0.142. The minimum Gasteiger partial charge on any atom is -0.373 e. The number of nitrogens with zero attached hydrogens (tertiary/aromatic N) is 4. The Labute approximate surface area is 101 Å². The van der Waals surface area contributed by atoms with Crippen LogP contribution in [0.3, 0.4) is 0 Å². The van der Waals surface area contributed by atoms with E-state index < -0.39 is 0 Å². The van der Waals surface area contributed by atoms with Gasteiger partial charge in [0, 0.05) is 46.2 Å². The van der Waals surface area contributed by atoms with E-state index in [9.17, 15) is 4.79 Å². The standard InChI is InChI=1S/C11H17N5O/c1-9(17)15-3-5-16(6-4-15)11-7-10(12-2)13-8-14-11/h7-8H,3-6H2,1-2H3,(H,12,13,14). The third kappa shape index (κ3) is 2.64. The molecular formula is C11H17N5O. The van der Waals surface area contributed by atoms with Gasteiger partial charge in [0.15, 0.2) is 0 Å². The van der Waals surface area contributed by atoms with Crippen LogP contribution in [-0.2, 0) is 4.79 Å². The smallest absolute Gasteiger partial charge is 0.219 e. The first-order chi connectivity index (χ1) is 8.20. The molecule has 0 atom stereocenters. The molecule has 0 radical (unpaired) electrons. The summed E-state index contributed by atoms with van der Waals surface area (Å²) in [4.78, 5) is 23.6. The monoisotopic (exact) mass is 235 g/mol. The molecule has 1 aliphatic heterocycles. The van der Waals surface area contributed by atoms with E-state index in [2.05, 4.69) is 20.2 Å². The summed E-state index contributed by atoms with van der Waals surface area (Å²) < 4.78 is 0. The average Bonchev–Trinajstić information content (AvgIpc) is 2.39. The Balaban J connectivity index is 2.02. The lowest BCUT2D eigenvalue weighted by atomic mass is 10.3. The third-order valence-corrected chi connectivity index (χ3v) is 2.96. The number of amides is 1. The summed E-state index contributed by atoms with van der Waals surface area (Å²) in [5, 5.41) is 2.99. The lowest BCUT2D eigenvalue weighted by Crippen LogP contribution is -2.48. The maximum Gasteiger partial charge on any atom is 0.219 e. The molecule has 6 nitrogen and oxygen atoms in total. The Kier molecular flexibility index (Phi) is 3.41. The molecule has 0 unspecified atom stereocenters. The summed E-state index contributed by atoms with van der Waals surface area (Å²) >= 11 is 0. The fourth-order valence-electron chi connectivity index (χ4n) is 1.91. The van der Waals surface area contributed by atoms with Crippen LogP contribution in [0.1, 0.15) is 6.92 Å². The molecule has 0 spiro atoms. The Hall–Kier alpha value is -1.85. The van der Waals surface area contributed by atoms with Gasteiger partial charge in [-0.2, -0.15) is 0 Å². The summed E-state index contributed by atoms with van der Waals surface area (Å²) in [6.45, 7) is 4.77. The highest BCUT2D eigenvalue weighted by atomic mass is 16.2. The van der Waals surface area contributed by atoms with Crippen LogP contribution in [0.2, 0.25) is 0 Å². The normalized spacial score (nSPS) is 15.9. The van der Waals surface area contributed by atoms with E-state index in [1.807, 2.05) is 18.0 Å². The SMILES string of the molecule is CNc1cc(N2CCN(C(C)=O)CC2)ncn1. The Morgan fingerprint density at radius 2 is 2.00 bits per heavy atom. The molecule has 2 rings (SSSR count). The van der Waals surface area contributed by atoms with Crippen LogP contribution in [-0.4, -0.2) is 54.0 Å². The molecule has 1 fully saturated rings. The molecule has 1 aromatic heterocycles. The van der Waals surface area contributed by atoms with Crippen molar-refractivity contribution in [2.24, 2.45) is 0 Å². The lowest BCUT2D eigenvalue weighted by Gasteiger charge is -2.34. The third-order valence-electron chi connectivity index (χ3n) is 2.96. The number of piperazine rings is 1. The van der Waals surface area contributed by atoms with Crippen molar-refractivity contribution in [3.8, 4) is 0 Å². The predicted molar refractivity (Wildman–Crippen MR) is 66.0 cm³/mol. The van der Waals surface area contributed by atoms with E-state index in [1.54, 1.807) is 13.3 Å². The number of carbonyl (C=O) groups is 1. The van der Waals surface area contributed by atoms with Crippen molar-refractivity contribution in [2.75, 3.05) is 43.4 Å². The van der Waals surface area contributed by atoms with Crippen molar-refractivity contribution >= 4 is 17.5 Å². The Morgan fingerprint density at radius 1 is 1.29 bits per heavy atom. The number of nitrogens with one attached hydrogen (secondary N) is 1. The first-order valence-electron chi connectivity index (χ1n) is 5.71. The van der Waals surface area contributed by atoms with Gasteiger partial charge in [-0.15, -0.1) is 0 Å². The molecule has 1 aromatic rings. The molecule has 0 aliphatic carbocycles. The second-order valence-electron chi connectivity index (χ2n) is 4.00. The predicted octanol–water partition coefficient (Wildman–Crippen LogP) is 0.187. The molecule has 1 aliphatic rings. The van der Waals surface area contributed by atoms with E-state index in [4.69, 9.17) is 0 Å². The van der Waals surface area contributed by atoms with Crippen LogP contribution in [0.25, 0.3) is 0 Å². The molecule has 17 heavy (non-hydrogen) atoms. The van der Waals surface area contributed by atoms with Gasteiger partial charge in [0.05, 0.1) is 0 Å². The first kappa shape index (κ1) is 11.6. The van der Waals surface area contributed by atoms with Crippen molar-refractivity contribution < 1.29 is 4.79 Å². The van der Waals surface area contributed by atoms with Crippen LogP contribution < -0.4 is 10.2 Å².